The van der Waals surface area contributed by atoms with Crippen molar-refractivity contribution in [2.24, 2.45) is 0 Å². The highest BCUT2D eigenvalue weighted by Gasteiger charge is 2.22. The van der Waals surface area contributed by atoms with E-state index in [9.17, 15) is 19.7 Å². The Kier molecular flexibility index (Phi) is 4.85. The van der Waals surface area contributed by atoms with Gasteiger partial charge in [0.05, 0.1) is 15.9 Å². The summed E-state index contributed by atoms with van der Waals surface area (Å²) < 4.78 is 11.4. The Hall–Kier alpha value is -4.26. The van der Waals surface area contributed by atoms with Gasteiger partial charge in [0, 0.05) is 17.7 Å². The number of aryl methyl sites for hydroxylation is 1. The highest BCUT2D eigenvalue weighted by atomic mass is 16.6. The lowest BCUT2D eigenvalue weighted by Gasteiger charge is -2.11. The molecule has 0 amide bonds. The lowest BCUT2D eigenvalue weighted by molar-refractivity contribution is -0.384. The molecule has 0 aliphatic carbocycles. The Bertz CT molecular complexity index is 1340. The molecular weight excluding hydrogens is 386 g/mol. The maximum absolute atomic E-state index is 13.2. The lowest BCUT2D eigenvalue weighted by Crippen LogP contribution is -2.16. The third-order valence-electron chi connectivity index (χ3n) is 4.53. The molecule has 0 radical (unpaired) electrons. The number of carbonyl (C=O) groups excluding carboxylic acids is 1. The van der Waals surface area contributed by atoms with Crippen LogP contribution >= 0.6 is 0 Å². The quantitative estimate of drug-likeness (QED) is 0.274. The van der Waals surface area contributed by atoms with E-state index in [1.54, 1.807) is 42.5 Å². The number of rotatable bonds is 4. The Morgan fingerprint density at radius 3 is 2.50 bits per heavy atom. The Labute approximate surface area is 170 Å². The second-order valence-electron chi connectivity index (χ2n) is 6.65. The second kappa shape index (κ2) is 7.63. The molecule has 0 saturated heterocycles. The number of hydrogen-bond acceptors (Lipinski definition) is 6. The van der Waals surface area contributed by atoms with Crippen LogP contribution in [-0.2, 0) is 0 Å². The van der Waals surface area contributed by atoms with E-state index in [1.165, 1.54) is 18.2 Å². The minimum atomic E-state index is -0.893. The zero-order chi connectivity index (χ0) is 21.3. The average molecular weight is 401 g/mol. The van der Waals surface area contributed by atoms with Crippen molar-refractivity contribution in [1.82, 2.24) is 0 Å². The maximum Gasteiger partial charge on any atom is 0.344 e. The first-order chi connectivity index (χ1) is 14.4. The second-order valence-corrected chi connectivity index (χ2v) is 6.65. The number of carbonyl (C=O) groups is 1. The van der Waals surface area contributed by atoms with Crippen molar-refractivity contribution in [3.63, 3.8) is 0 Å². The van der Waals surface area contributed by atoms with Gasteiger partial charge in [0.2, 0.25) is 11.2 Å². The van der Waals surface area contributed by atoms with E-state index >= 15 is 0 Å². The number of fused-ring (bicyclic) bond motifs is 1. The van der Waals surface area contributed by atoms with Crippen LogP contribution < -0.4 is 10.2 Å². The Morgan fingerprint density at radius 1 is 1.00 bits per heavy atom. The van der Waals surface area contributed by atoms with Crippen LogP contribution in [0.15, 0.2) is 82.0 Å². The molecule has 1 heterocycles. The monoisotopic (exact) mass is 401 g/mol. The zero-order valence-corrected chi connectivity index (χ0v) is 15.8. The summed E-state index contributed by atoms with van der Waals surface area (Å²) in [5, 5.41) is 11.3. The molecule has 0 bridgehead atoms. The van der Waals surface area contributed by atoms with Crippen LogP contribution in [0.3, 0.4) is 0 Å². The molecule has 3 aromatic carbocycles. The van der Waals surface area contributed by atoms with Gasteiger partial charge in [-0.25, -0.2) is 4.79 Å². The number of non-ortho nitro benzene ring substituents is 1. The lowest BCUT2D eigenvalue weighted by atomic mass is 10.1. The molecule has 4 rings (SSSR count). The summed E-state index contributed by atoms with van der Waals surface area (Å²) in [5.41, 5.74) is 0.954. The molecule has 0 fully saturated rings. The van der Waals surface area contributed by atoms with Gasteiger partial charge < -0.3 is 9.15 Å². The number of nitro benzene ring substituents is 1. The van der Waals surface area contributed by atoms with Crippen molar-refractivity contribution in [3.8, 4) is 17.1 Å². The molecule has 7 nitrogen and oxygen atoms in total. The van der Waals surface area contributed by atoms with Crippen LogP contribution in [0.4, 0.5) is 5.69 Å². The molecule has 0 atom stereocenters. The molecule has 4 aromatic rings. The van der Waals surface area contributed by atoms with Crippen molar-refractivity contribution < 1.29 is 18.9 Å². The molecule has 0 unspecified atom stereocenters. The Balaban J connectivity index is 1.87. The largest absolute Gasteiger partial charge is 0.452 e. The maximum atomic E-state index is 13.2. The van der Waals surface area contributed by atoms with Gasteiger partial charge in [-0.3, -0.25) is 14.9 Å². The van der Waals surface area contributed by atoms with Gasteiger partial charge in [-0.2, -0.15) is 0 Å². The number of ether oxygens (including phenoxy) is 1. The predicted molar refractivity (Wildman–Crippen MR) is 111 cm³/mol. The van der Waals surface area contributed by atoms with E-state index in [4.69, 9.17) is 9.15 Å². The van der Waals surface area contributed by atoms with Gasteiger partial charge in [-0.05, 0) is 25.1 Å². The van der Waals surface area contributed by atoms with Crippen LogP contribution in [0.5, 0.6) is 5.75 Å². The minimum absolute atomic E-state index is 0.0491. The molecule has 0 N–H and O–H groups in total. The van der Waals surface area contributed by atoms with Gasteiger partial charge in [0.1, 0.15) is 5.58 Å². The molecule has 1 aromatic heterocycles. The van der Waals surface area contributed by atoms with Gasteiger partial charge in [-0.15, -0.1) is 0 Å². The number of esters is 1. The number of benzene rings is 3. The molecular formula is C23H15NO6. The number of hydrogen-bond donors (Lipinski definition) is 0. The number of nitrogens with zero attached hydrogens (tertiary/aromatic N) is 1. The fourth-order valence-electron chi connectivity index (χ4n) is 3.06. The third kappa shape index (κ3) is 3.56. The topological polar surface area (TPSA) is 99.7 Å². The summed E-state index contributed by atoms with van der Waals surface area (Å²) in [4.78, 5) is 36.3. The first kappa shape index (κ1) is 19.1. The normalized spacial score (nSPS) is 10.7. The van der Waals surface area contributed by atoms with Crippen molar-refractivity contribution in [3.05, 3.63) is 104 Å². The summed E-state index contributed by atoms with van der Waals surface area (Å²) in [5.74, 6) is -1.05. The minimum Gasteiger partial charge on any atom is -0.452 e. The van der Waals surface area contributed by atoms with Crippen molar-refractivity contribution >= 4 is 22.6 Å². The van der Waals surface area contributed by atoms with E-state index in [1.807, 2.05) is 13.0 Å². The molecule has 0 saturated carbocycles. The van der Waals surface area contributed by atoms with Gasteiger partial charge >= 0.3 is 5.97 Å². The number of nitro groups is 1. The molecule has 0 aliphatic heterocycles. The highest BCUT2D eigenvalue weighted by Crippen LogP contribution is 2.31. The standard InChI is InChI=1S/C23H15NO6/c1-14-10-11-19-18(12-14)20(25)22(21(29-19)15-6-3-2-4-7-15)30-23(26)16-8-5-9-17(13-16)24(27)28/h2-13H,1H3. The summed E-state index contributed by atoms with van der Waals surface area (Å²) >= 11 is 0. The van der Waals surface area contributed by atoms with Crippen molar-refractivity contribution in [1.29, 1.82) is 0 Å². The molecule has 0 spiro atoms. The fourth-order valence-corrected chi connectivity index (χ4v) is 3.06. The molecule has 30 heavy (non-hydrogen) atoms. The third-order valence-corrected chi connectivity index (χ3v) is 4.53. The van der Waals surface area contributed by atoms with Crippen LogP contribution in [0, 0.1) is 17.0 Å². The Morgan fingerprint density at radius 2 is 1.77 bits per heavy atom. The van der Waals surface area contributed by atoms with Crippen LogP contribution in [0.1, 0.15) is 15.9 Å². The smallest absolute Gasteiger partial charge is 0.344 e. The van der Waals surface area contributed by atoms with E-state index in [2.05, 4.69) is 0 Å². The molecule has 0 aliphatic rings. The van der Waals surface area contributed by atoms with E-state index < -0.39 is 16.3 Å². The summed E-state index contributed by atoms with van der Waals surface area (Å²) in [6.07, 6.45) is 0. The van der Waals surface area contributed by atoms with E-state index in [-0.39, 0.29) is 28.1 Å². The van der Waals surface area contributed by atoms with Crippen LogP contribution in [0.2, 0.25) is 0 Å². The zero-order valence-electron chi connectivity index (χ0n) is 15.8. The summed E-state index contributed by atoms with van der Waals surface area (Å²) in [7, 11) is 0. The van der Waals surface area contributed by atoms with Crippen molar-refractivity contribution in [2.75, 3.05) is 0 Å². The van der Waals surface area contributed by atoms with Crippen molar-refractivity contribution in [2.45, 2.75) is 6.92 Å². The van der Waals surface area contributed by atoms with Crippen LogP contribution in [-0.4, -0.2) is 10.9 Å². The average Bonchev–Trinajstić information content (AvgIpc) is 2.76. The van der Waals surface area contributed by atoms with Crippen LogP contribution in [0.25, 0.3) is 22.3 Å². The van der Waals surface area contributed by atoms with E-state index in [0.717, 1.165) is 11.6 Å². The van der Waals surface area contributed by atoms with E-state index in [0.29, 0.717) is 11.1 Å². The highest BCUT2D eigenvalue weighted by molar-refractivity contribution is 5.93. The van der Waals surface area contributed by atoms with Gasteiger partial charge in [0.25, 0.3) is 5.69 Å². The summed E-state index contributed by atoms with van der Waals surface area (Å²) in [6, 6.07) is 19.1. The summed E-state index contributed by atoms with van der Waals surface area (Å²) in [6.45, 7) is 1.83. The molecule has 148 valence electrons. The van der Waals surface area contributed by atoms with Gasteiger partial charge in [-0.1, -0.05) is 48.0 Å². The molecule has 7 heteroatoms. The predicted octanol–water partition coefficient (Wildman–Crippen LogP) is 4.90. The first-order valence-electron chi connectivity index (χ1n) is 9.03. The SMILES string of the molecule is Cc1ccc2oc(-c3ccccc3)c(OC(=O)c3cccc([N+](=O)[O-])c3)c(=O)c2c1. The first-order valence-corrected chi connectivity index (χ1v) is 9.03. The van der Waals surface area contributed by atoms with Gasteiger partial charge in [0.15, 0.2) is 5.76 Å². The fraction of sp³-hybridized carbons (Fsp3) is 0.0435.